The fourth-order valence-electron chi connectivity index (χ4n) is 4.15. The van der Waals surface area contributed by atoms with Crippen LogP contribution in [0, 0.1) is 6.92 Å². The molecule has 0 atom stereocenters. The standard InChI is InChI=1S/C22H27N3O3S/c1-16-14-19-10-13-21(24-29(2,26)27)22(25(19)23-16)15-28-20-11-8-18(9-12-20)17-6-4-3-5-7-17/h3-7,10,13-14,18,20,24H,8-9,11-12,15H2,1-2H3/t18-,20+. The molecule has 4 rings (SSSR count). The summed E-state index contributed by atoms with van der Waals surface area (Å²) in [7, 11) is -3.39. The summed E-state index contributed by atoms with van der Waals surface area (Å²) in [6.45, 7) is 2.24. The number of fused-ring (bicyclic) bond motifs is 1. The molecule has 2 aromatic heterocycles. The summed E-state index contributed by atoms with van der Waals surface area (Å²) in [5, 5.41) is 4.52. The summed E-state index contributed by atoms with van der Waals surface area (Å²) in [5.74, 6) is 0.593. The van der Waals surface area contributed by atoms with Gasteiger partial charge in [-0.25, -0.2) is 12.9 Å². The maximum absolute atomic E-state index is 11.8. The fraction of sp³-hybridized carbons (Fsp3) is 0.409. The summed E-state index contributed by atoms with van der Waals surface area (Å²) >= 11 is 0. The van der Waals surface area contributed by atoms with Crippen LogP contribution in [0.2, 0.25) is 0 Å². The van der Waals surface area contributed by atoms with Gasteiger partial charge in [-0.1, -0.05) is 30.3 Å². The van der Waals surface area contributed by atoms with Gasteiger partial charge in [-0.15, -0.1) is 0 Å². The number of ether oxygens (including phenoxy) is 1. The van der Waals surface area contributed by atoms with E-state index in [1.165, 1.54) is 5.56 Å². The Morgan fingerprint density at radius 1 is 1.10 bits per heavy atom. The summed E-state index contributed by atoms with van der Waals surface area (Å²) in [6, 6.07) is 16.3. The van der Waals surface area contributed by atoms with Gasteiger partial charge in [0.15, 0.2) is 0 Å². The number of aryl methyl sites for hydroxylation is 1. The zero-order chi connectivity index (χ0) is 20.4. The first-order chi connectivity index (χ1) is 13.9. The molecule has 3 aromatic rings. The molecule has 154 valence electrons. The van der Waals surface area contributed by atoms with Crippen LogP contribution in [-0.4, -0.2) is 30.4 Å². The molecule has 1 aromatic carbocycles. The number of aromatic nitrogens is 2. The van der Waals surface area contributed by atoms with E-state index in [4.69, 9.17) is 4.74 Å². The Balaban J connectivity index is 1.47. The maximum Gasteiger partial charge on any atom is 0.229 e. The number of pyridine rings is 1. The van der Waals surface area contributed by atoms with Gasteiger partial charge in [0.2, 0.25) is 10.0 Å². The lowest BCUT2D eigenvalue weighted by Crippen LogP contribution is -2.22. The molecule has 0 saturated heterocycles. The lowest BCUT2D eigenvalue weighted by molar-refractivity contribution is 0.0113. The molecule has 1 aliphatic rings. The Morgan fingerprint density at radius 3 is 2.52 bits per heavy atom. The van der Waals surface area contributed by atoms with Crippen molar-refractivity contribution in [2.75, 3.05) is 11.0 Å². The van der Waals surface area contributed by atoms with E-state index in [0.717, 1.165) is 48.8 Å². The number of hydrogen-bond donors (Lipinski definition) is 1. The SMILES string of the molecule is Cc1cc2ccc(NS(C)(=O)=O)c(CO[C@H]3CC[C@@H](c4ccccc4)CC3)n2n1. The molecule has 0 bridgehead atoms. The normalized spacial score (nSPS) is 20.1. The third-order valence-electron chi connectivity index (χ3n) is 5.54. The maximum atomic E-state index is 11.8. The van der Waals surface area contributed by atoms with Crippen molar-refractivity contribution >= 4 is 21.2 Å². The number of nitrogens with one attached hydrogen (secondary N) is 1. The fourth-order valence-corrected chi connectivity index (χ4v) is 4.74. The molecular weight excluding hydrogens is 386 g/mol. The van der Waals surface area contributed by atoms with Crippen molar-refractivity contribution in [1.82, 2.24) is 9.61 Å². The van der Waals surface area contributed by atoms with E-state index in [1.54, 1.807) is 10.6 Å². The Bertz CT molecular complexity index is 1090. The number of hydrogen-bond acceptors (Lipinski definition) is 4. The van der Waals surface area contributed by atoms with Crippen LogP contribution in [0.15, 0.2) is 48.5 Å². The Kier molecular flexibility index (Phi) is 5.61. The van der Waals surface area contributed by atoms with Gasteiger partial charge in [-0.3, -0.25) is 4.72 Å². The lowest BCUT2D eigenvalue weighted by Gasteiger charge is -2.29. The molecule has 29 heavy (non-hydrogen) atoms. The zero-order valence-corrected chi connectivity index (χ0v) is 17.7. The second-order valence-corrected chi connectivity index (χ2v) is 9.63. The van der Waals surface area contributed by atoms with Crippen molar-refractivity contribution in [3.8, 4) is 0 Å². The molecule has 0 aliphatic heterocycles. The van der Waals surface area contributed by atoms with E-state index in [-0.39, 0.29) is 6.10 Å². The van der Waals surface area contributed by atoms with Crippen LogP contribution in [-0.2, 0) is 21.4 Å². The van der Waals surface area contributed by atoms with E-state index in [9.17, 15) is 8.42 Å². The third-order valence-corrected chi connectivity index (χ3v) is 6.13. The number of rotatable bonds is 6. The lowest BCUT2D eigenvalue weighted by atomic mass is 9.83. The van der Waals surface area contributed by atoms with Gasteiger partial charge in [0.25, 0.3) is 0 Å². The molecule has 1 aliphatic carbocycles. The largest absolute Gasteiger partial charge is 0.372 e. The van der Waals surface area contributed by atoms with Crippen LogP contribution in [0.1, 0.15) is 48.6 Å². The predicted molar refractivity (Wildman–Crippen MR) is 115 cm³/mol. The Hall–Kier alpha value is -2.38. The molecule has 0 radical (unpaired) electrons. The number of nitrogens with zero attached hydrogens (tertiary/aromatic N) is 2. The van der Waals surface area contributed by atoms with Gasteiger partial charge in [0.1, 0.15) is 0 Å². The van der Waals surface area contributed by atoms with Gasteiger partial charge >= 0.3 is 0 Å². The van der Waals surface area contributed by atoms with Crippen LogP contribution in [0.3, 0.4) is 0 Å². The van der Waals surface area contributed by atoms with Crippen molar-refractivity contribution in [2.45, 2.75) is 51.2 Å². The van der Waals surface area contributed by atoms with Crippen molar-refractivity contribution in [3.05, 3.63) is 65.5 Å². The average molecular weight is 414 g/mol. The van der Waals surface area contributed by atoms with E-state index < -0.39 is 10.0 Å². The minimum absolute atomic E-state index is 0.174. The highest BCUT2D eigenvalue weighted by atomic mass is 32.2. The van der Waals surface area contributed by atoms with E-state index in [1.807, 2.05) is 19.1 Å². The van der Waals surface area contributed by atoms with Gasteiger partial charge in [0, 0.05) is 0 Å². The summed E-state index contributed by atoms with van der Waals surface area (Å²) in [6.07, 6.45) is 5.54. The van der Waals surface area contributed by atoms with Crippen molar-refractivity contribution in [1.29, 1.82) is 0 Å². The van der Waals surface area contributed by atoms with Gasteiger partial charge in [-0.05, 0) is 62.3 Å². The van der Waals surface area contributed by atoms with E-state index >= 15 is 0 Å². The minimum Gasteiger partial charge on any atom is -0.372 e. The molecule has 1 saturated carbocycles. The molecule has 7 heteroatoms. The van der Waals surface area contributed by atoms with Crippen LogP contribution in [0.4, 0.5) is 5.69 Å². The Labute approximate surface area is 171 Å². The smallest absolute Gasteiger partial charge is 0.229 e. The summed E-state index contributed by atoms with van der Waals surface area (Å²) < 4.78 is 34.2. The zero-order valence-electron chi connectivity index (χ0n) is 16.8. The third kappa shape index (κ3) is 4.79. The summed E-state index contributed by atoms with van der Waals surface area (Å²) in [5.41, 5.74) is 4.45. The van der Waals surface area contributed by atoms with Crippen molar-refractivity contribution in [2.24, 2.45) is 0 Å². The van der Waals surface area contributed by atoms with Crippen molar-refractivity contribution < 1.29 is 13.2 Å². The highest BCUT2D eigenvalue weighted by Crippen LogP contribution is 2.34. The van der Waals surface area contributed by atoms with E-state index in [0.29, 0.717) is 18.2 Å². The monoisotopic (exact) mass is 413 g/mol. The number of anilines is 1. The highest BCUT2D eigenvalue weighted by molar-refractivity contribution is 7.92. The number of sulfonamides is 1. The molecule has 1 fully saturated rings. The topological polar surface area (TPSA) is 72.7 Å². The number of benzene rings is 1. The van der Waals surface area contributed by atoms with Crippen molar-refractivity contribution in [3.63, 3.8) is 0 Å². The molecule has 6 nitrogen and oxygen atoms in total. The first kappa shape index (κ1) is 19.9. The first-order valence-corrected chi connectivity index (χ1v) is 11.9. The molecule has 0 unspecified atom stereocenters. The molecule has 1 N–H and O–H groups in total. The average Bonchev–Trinajstić information content (AvgIpc) is 3.07. The predicted octanol–water partition coefficient (Wildman–Crippen LogP) is 4.26. The quantitative estimate of drug-likeness (QED) is 0.655. The van der Waals surface area contributed by atoms with Crippen LogP contribution < -0.4 is 4.72 Å². The molecule has 0 spiro atoms. The second kappa shape index (κ2) is 8.16. The van der Waals surface area contributed by atoms with Gasteiger partial charge < -0.3 is 4.74 Å². The first-order valence-electron chi connectivity index (χ1n) is 10.0. The molecule has 0 amide bonds. The second-order valence-electron chi connectivity index (χ2n) is 7.89. The van der Waals surface area contributed by atoms with Gasteiger partial charge in [0.05, 0.1) is 41.6 Å². The van der Waals surface area contributed by atoms with Crippen LogP contribution >= 0.6 is 0 Å². The van der Waals surface area contributed by atoms with Gasteiger partial charge in [-0.2, -0.15) is 5.10 Å². The van der Waals surface area contributed by atoms with E-state index in [2.05, 4.69) is 40.2 Å². The van der Waals surface area contributed by atoms with Crippen LogP contribution in [0.5, 0.6) is 0 Å². The van der Waals surface area contributed by atoms with Crippen LogP contribution in [0.25, 0.3) is 5.52 Å². The molecule has 2 heterocycles. The summed E-state index contributed by atoms with van der Waals surface area (Å²) in [4.78, 5) is 0. The molecular formula is C22H27N3O3S. The minimum atomic E-state index is -3.39. The Morgan fingerprint density at radius 2 is 1.83 bits per heavy atom. The highest BCUT2D eigenvalue weighted by Gasteiger charge is 2.23.